The van der Waals surface area contributed by atoms with Crippen LogP contribution in [0.3, 0.4) is 0 Å². The van der Waals surface area contributed by atoms with Crippen LogP contribution in [0, 0.1) is 0 Å². The third-order valence-corrected chi connectivity index (χ3v) is 1.55. The normalized spacial score (nSPS) is 9.75. The van der Waals surface area contributed by atoms with Gasteiger partial charge in [-0.1, -0.05) is 6.92 Å². The Kier molecular flexibility index (Phi) is 2.80. The zero-order chi connectivity index (χ0) is 8.97. The molecule has 64 valence electrons. The number of ketones is 2. The van der Waals surface area contributed by atoms with Crippen molar-refractivity contribution in [2.45, 2.75) is 19.8 Å². The van der Waals surface area contributed by atoms with E-state index in [4.69, 9.17) is 4.42 Å². The van der Waals surface area contributed by atoms with Crippen LogP contribution >= 0.6 is 0 Å². The topological polar surface area (TPSA) is 47.3 Å². The van der Waals surface area contributed by atoms with Crippen molar-refractivity contribution in [2.75, 3.05) is 0 Å². The third-order valence-electron chi connectivity index (χ3n) is 1.55. The molecule has 0 saturated carbocycles. The van der Waals surface area contributed by atoms with Crippen molar-refractivity contribution in [2.24, 2.45) is 0 Å². The number of hydrogen-bond acceptors (Lipinski definition) is 3. The van der Waals surface area contributed by atoms with Crippen molar-refractivity contribution in [1.29, 1.82) is 0 Å². The summed E-state index contributed by atoms with van der Waals surface area (Å²) in [4.78, 5) is 22.0. The Morgan fingerprint density at radius 2 is 2.25 bits per heavy atom. The van der Waals surface area contributed by atoms with Crippen LogP contribution in [0.1, 0.15) is 30.3 Å². The highest BCUT2D eigenvalue weighted by Gasteiger charge is 2.11. The van der Waals surface area contributed by atoms with E-state index in [1.165, 1.54) is 6.26 Å². The SMILES string of the molecule is CCC(=O)CC(=O)c1ccco1. The molecule has 0 saturated heterocycles. The Hall–Kier alpha value is -1.38. The van der Waals surface area contributed by atoms with E-state index in [-0.39, 0.29) is 23.7 Å². The molecule has 12 heavy (non-hydrogen) atoms. The van der Waals surface area contributed by atoms with Gasteiger partial charge in [0.1, 0.15) is 5.78 Å². The van der Waals surface area contributed by atoms with Gasteiger partial charge in [-0.15, -0.1) is 0 Å². The van der Waals surface area contributed by atoms with E-state index in [9.17, 15) is 9.59 Å². The molecule has 1 aromatic heterocycles. The highest BCUT2D eigenvalue weighted by atomic mass is 16.3. The maximum Gasteiger partial charge on any atom is 0.205 e. The van der Waals surface area contributed by atoms with Crippen LogP contribution in [-0.4, -0.2) is 11.6 Å². The molecule has 0 N–H and O–H groups in total. The van der Waals surface area contributed by atoms with Gasteiger partial charge in [-0.25, -0.2) is 0 Å². The number of hydrogen-bond donors (Lipinski definition) is 0. The quantitative estimate of drug-likeness (QED) is 0.506. The van der Waals surface area contributed by atoms with Gasteiger partial charge in [-0.05, 0) is 12.1 Å². The number of carbonyl (C=O) groups excluding carboxylic acids is 2. The second-order valence-corrected chi connectivity index (χ2v) is 2.47. The fraction of sp³-hybridized carbons (Fsp3) is 0.333. The van der Waals surface area contributed by atoms with Gasteiger partial charge in [-0.2, -0.15) is 0 Å². The van der Waals surface area contributed by atoms with Crippen LogP contribution in [0.2, 0.25) is 0 Å². The van der Waals surface area contributed by atoms with E-state index in [1.54, 1.807) is 19.1 Å². The zero-order valence-electron chi connectivity index (χ0n) is 6.87. The van der Waals surface area contributed by atoms with E-state index in [2.05, 4.69) is 0 Å². The molecule has 0 aliphatic carbocycles. The maximum atomic E-state index is 11.2. The minimum atomic E-state index is -0.244. The Morgan fingerprint density at radius 1 is 1.50 bits per heavy atom. The fourth-order valence-electron chi connectivity index (χ4n) is 0.828. The molecule has 0 fully saturated rings. The largest absolute Gasteiger partial charge is 0.461 e. The summed E-state index contributed by atoms with van der Waals surface area (Å²) in [5.41, 5.74) is 0. The molecule has 0 unspecified atom stereocenters. The van der Waals surface area contributed by atoms with E-state index in [1.807, 2.05) is 0 Å². The minimum absolute atomic E-state index is 0.0516. The van der Waals surface area contributed by atoms with Gasteiger partial charge in [0.15, 0.2) is 5.76 Å². The molecule has 0 aliphatic rings. The molecule has 0 atom stereocenters. The fourth-order valence-corrected chi connectivity index (χ4v) is 0.828. The lowest BCUT2D eigenvalue weighted by atomic mass is 10.1. The standard InChI is InChI=1S/C9H10O3/c1-2-7(10)6-8(11)9-4-3-5-12-9/h3-5H,2,6H2,1H3. The zero-order valence-corrected chi connectivity index (χ0v) is 6.87. The van der Waals surface area contributed by atoms with E-state index in [0.717, 1.165) is 0 Å². The lowest BCUT2D eigenvalue weighted by Gasteiger charge is -1.93. The van der Waals surface area contributed by atoms with Crippen molar-refractivity contribution in [3.05, 3.63) is 24.2 Å². The number of furan rings is 1. The molecule has 0 bridgehead atoms. The minimum Gasteiger partial charge on any atom is -0.461 e. The molecule has 0 amide bonds. The highest BCUT2D eigenvalue weighted by molar-refractivity contribution is 6.06. The first-order valence-electron chi connectivity index (χ1n) is 3.82. The maximum absolute atomic E-state index is 11.2. The summed E-state index contributed by atoms with van der Waals surface area (Å²) in [7, 11) is 0. The van der Waals surface area contributed by atoms with Crippen LogP contribution in [0.15, 0.2) is 22.8 Å². The predicted molar refractivity (Wildman–Crippen MR) is 43.0 cm³/mol. The Labute approximate surface area is 70.4 Å². The van der Waals surface area contributed by atoms with Gasteiger partial charge in [0.2, 0.25) is 5.78 Å². The van der Waals surface area contributed by atoms with E-state index >= 15 is 0 Å². The molecule has 0 radical (unpaired) electrons. The number of rotatable bonds is 4. The van der Waals surface area contributed by atoms with E-state index < -0.39 is 0 Å². The first-order chi connectivity index (χ1) is 5.74. The average Bonchev–Trinajstić information content (AvgIpc) is 2.56. The summed E-state index contributed by atoms with van der Waals surface area (Å²) in [5.74, 6) is -0.0416. The molecular formula is C9H10O3. The molecule has 1 rings (SSSR count). The van der Waals surface area contributed by atoms with E-state index in [0.29, 0.717) is 6.42 Å². The Bertz CT molecular complexity index is 272. The average molecular weight is 166 g/mol. The Balaban J connectivity index is 2.56. The van der Waals surface area contributed by atoms with Crippen molar-refractivity contribution in [3.63, 3.8) is 0 Å². The number of carbonyl (C=O) groups is 2. The van der Waals surface area contributed by atoms with Crippen molar-refractivity contribution < 1.29 is 14.0 Å². The van der Waals surface area contributed by atoms with Crippen LogP contribution in [0.25, 0.3) is 0 Å². The molecule has 0 aliphatic heterocycles. The van der Waals surface area contributed by atoms with Gasteiger partial charge in [-0.3, -0.25) is 9.59 Å². The Morgan fingerprint density at radius 3 is 2.75 bits per heavy atom. The summed E-state index contributed by atoms with van der Waals surface area (Å²) in [6, 6.07) is 3.19. The van der Waals surface area contributed by atoms with Crippen LogP contribution in [0.5, 0.6) is 0 Å². The summed E-state index contributed by atoms with van der Waals surface area (Å²) >= 11 is 0. The first kappa shape index (κ1) is 8.71. The van der Waals surface area contributed by atoms with Crippen LogP contribution < -0.4 is 0 Å². The second-order valence-electron chi connectivity index (χ2n) is 2.47. The predicted octanol–water partition coefficient (Wildman–Crippen LogP) is 1.83. The first-order valence-corrected chi connectivity index (χ1v) is 3.82. The van der Waals surface area contributed by atoms with Gasteiger partial charge in [0.25, 0.3) is 0 Å². The summed E-state index contributed by atoms with van der Waals surface area (Å²) < 4.78 is 4.84. The van der Waals surface area contributed by atoms with Gasteiger partial charge in [0, 0.05) is 6.42 Å². The van der Waals surface area contributed by atoms with Crippen molar-refractivity contribution in [3.8, 4) is 0 Å². The van der Waals surface area contributed by atoms with Crippen molar-refractivity contribution in [1.82, 2.24) is 0 Å². The van der Waals surface area contributed by atoms with Gasteiger partial charge >= 0.3 is 0 Å². The molecule has 0 aromatic carbocycles. The molecule has 3 heteroatoms. The second kappa shape index (κ2) is 3.85. The highest BCUT2D eigenvalue weighted by Crippen LogP contribution is 2.04. The third kappa shape index (κ3) is 2.05. The molecule has 1 aromatic rings. The molecule has 1 heterocycles. The van der Waals surface area contributed by atoms with Crippen LogP contribution in [0.4, 0.5) is 0 Å². The van der Waals surface area contributed by atoms with Crippen LogP contribution in [-0.2, 0) is 4.79 Å². The monoisotopic (exact) mass is 166 g/mol. The summed E-state index contributed by atoms with van der Waals surface area (Å²) in [6.45, 7) is 1.73. The van der Waals surface area contributed by atoms with Crippen molar-refractivity contribution >= 4 is 11.6 Å². The van der Waals surface area contributed by atoms with Gasteiger partial charge < -0.3 is 4.42 Å². The van der Waals surface area contributed by atoms with Gasteiger partial charge in [0.05, 0.1) is 12.7 Å². The lowest BCUT2D eigenvalue weighted by molar-refractivity contribution is -0.117. The number of Topliss-reactive ketones (excluding diaryl/α,β-unsaturated/α-hetero) is 2. The molecule has 0 spiro atoms. The molecular weight excluding hydrogens is 156 g/mol. The summed E-state index contributed by atoms with van der Waals surface area (Å²) in [5, 5.41) is 0. The molecule has 3 nitrogen and oxygen atoms in total. The smallest absolute Gasteiger partial charge is 0.205 e. The summed E-state index contributed by atoms with van der Waals surface area (Å²) in [6.07, 6.45) is 1.76. The lowest BCUT2D eigenvalue weighted by Crippen LogP contribution is -2.05.